The van der Waals surface area contributed by atoms with Gasteiger partial charge in [-0.15, -0.1) is 10.2 Å². The van der Waals surface area contributed by atoms with Crippen LogP contribution >= 0.6 is 11.3 Å². The number of aryl methyl sites for hydroxylation is 1. The first-order valence-electron chi connectivity index (χ1n) is 7.78. The Morgan fingerprint density at radius 1 is 1.17 bits per heavy atom. The maximum absolute atomic E-state index is 12.3. The number of hydrogen-bond donors (Lipinski definition) is 1. The summed E-state index contributed by atoms with van der Waals surface area (Å²) in [4.78, 5) is 16.9. The monoisotopic (exact) mass is 331 g/mol. The van der Waals surface area contributed by atoms with Crippen LogP contribution in [0.15, 0.2) is 30.3 Å². The molecule has 1 saturated heterocycles. The number of amides is 1. The van der Waals surface area contributed by atoms with Gasteiger partial charge in [0.25, 0.3) is 0 Å². The second kappa shape index (κ2) is 7.06. The minimum atomic E-state index is -0.169. The summed E-state index contributed by atoms with van der Waals surface area (Å²) in [7, 11) is 0. The average molecular weight is 331 g/mol. The van der Waals surface area contributed by atoms with Crippen molar-refractivity contribution in [2.75, 3.05) is 36.4 Å². The van der Waals surface area contributed by atoms with E-state index in [0.717, 1.165) is 31.2 Å². The molecule has 0 spiro atoms. The van der Waals surface area contributed by atoms with Crippen molar-refractivity contribution in [1.29, 1.82) is 0 Å². The molecule has 1 aromatic carbocycles. The van der Waals surface area contributed by atoms with Crippen LogP contribution in [-0.2, 0) is 4.79 Å². The van der Waals surface area contributed by atoms with Crippen LogP contribution < -0.4 is 10.2 Å². The smallest absolute Gasteiger partial charge is 0.243 e. The number of carbonyl (C=O) groups excluding carboxylic acids is 1. The molecule has 0 bridgehead atoms. The summed E-state index contributed by atoms with van der Waals surface area (Å²) in [6.45, 7) is 7.43. The molecule has 1 fully saturated rings. The third kappa shape index (κ3) is 3.86. The molecular formula is C16H21N5OS. The third-order valence-electron chi connectivity index (χ3n) is 4.12. The molecule has 23 heavy (non-hydrogen) atoms. The van der Waals surface area contributed by atoms with E-state index in [1.807, 2.05) is 19.9 Å². The van der Waals surface area contributed by atoms with Gasteiger partial charge in [0, 0.05) is 31.9 Å². The predicted octanol–water partition coefficient (Wildman–Crippen LogP) is 2.00. The zero-order chi connectivity index (χ0) is 16.2. The molecule has 7 heteroatoms. The number of rotatable bonds is 4. The first kappa shape index (κ1) is 15.9. The van der Waals surface area contributed by atoms with Crippen molar-refractivity contribution >= 4 is 28.1 Å². The second-order valence-electron chi connectivity index (χ2n) is 5.65. The van der Waals surface area contributed by atoms with Crippen LogP contribution in [0.5, 0.6) is 0 Å². The minimum absolute atomic E-state index is 0.0192. The van der Waals surface area contributed by atoms with Crippen LogP contribution in [0.4, 0.5) is 10.8 Å². The predicted molar refractivity (Wildman–Crippen MR) is 93.0 cm³/mol. The van der Waals surface area contributed by atoms with Gasteiger partial charge in [0.05, 0.1) is 6.04 Å². The van der Waals surface area contributed by atoms with Gasteiger partial charge in [-0.05, 0) is 26.0 Å². The van der Waals surface area contributed by atoms with E-state index < -0.39 is 0 Å². The number of nitrogens with zero attached hydrogens (tertiary/aromatic N) is 4. The first-order valence-corrected chi connectivity index (χ1v) is 8.60. The van der Waals surface area contributed by atoms with Gasteiger partial charge in [0.2, 0.25) is 11.0 Å². The molecule has 1 N–H and O–H groups in total. The summed E-state index contributed by atoms with van der Waals surface area (Å²) >= 11 is 1.40. The summed E-state index contributed by atoms with van der Waals surface area (Å²) < 4.78 is 0. The van der Waals surface area contributed by atoms with Crippen LogP contribution in [0.25, 0.3) is 0 Å². The van der Waals surface area contributed by atoms with Gasteiger partial charge in [-0.3, -0.25) is 15.0 Å². The lowest BCUT2D eigenvalue weighted by Gasteiger charge is -2.38. The highest BCUT2D eigenvalue weighted by atomic mass is 32.1. The Labute approximate surface area is 140 Å². The van der Waals surface area contributed by atoms with E-state index in [4.69, 9.17) is 0 Å². The summed E-state index contributed by atoms with van der Waals surface area (Å²) in [5.74, 6) is -0.0192. The Balaban J connectivity index is 1.53. The van der Waals surface area contributed by atoms with Gasteiger partial charge in [0.15, 0.2) is 0 Å². The lowest BCUT2D eigenvalue weighted by atomic mass is 10.2. The molecule has 1 atom stereocenters. The van der Waals surface area contributed by atoms with E-state index in [2.05, 4.69) is 49.6 Å². The molecule has 0 aliphatic carbocycles. The Kier molecular flexibility index (Phi) is 4.88. The Morgan fingerprint density at radius 3 is 2.48 bits per heavy atom. The van der Waals surface area contributed by atoms with E-state index in [1.165, 1.54) is 17.0 Å². The Hall–Kier alpha value is -1.99. The van der Waals surface area contributed by atoms with Crippen molar-refractivity contribution in [3.8, 4) is 0 Å². The number of benzene rings is 1. The molecule has 3 rings (SSSR count). The van der Waals surface area contributed by atoms with E-state index in [0.29, 0.717) is 5.13 Å². The third-order valence-corrected chi connectivity index (χ3v) is 4.87. The molecule has 1 aliphatic heterocycles. The highest BCUT2D eigenvalue weighted by molar-refractivity contribution is 7.15. The Morgan fingerprint density at radius 2 is 1.87 bits per heavy atom. The fourth-order valence-electron chi connectivity index (χ4n) is 2.73. The van der Waals surface area contributed by atoms with Crippen molar-refractivity contribution in [3.63, 3.8) is 0 Å². The molecule has 1 amide bonds. The van der Waals surface area contributed by atoms with Crippen LogP contribution in [0.1, 0.15) is 11.9 Å². The lowest BCUT2D eigenvalue weighted by Crippen LogP contribution is -2.52. The summed E-state index contributed by atoms with van der Waals surface area (Å²) in [6.07, 6.45) is 0. The average Bonchev–Trinajstić information content (AvgIpc) is 3.00. The number of aromatic nitrogens is 2. The topological polar surface area (TPSA) is 61.4 Å². The summed E-state index contributed by atoms with van der Waals surface area (Å²) in [5.41, 5.74) is 1.24. The largest absolute Gasteiger partial charge is 0.369 e. The molecule has 122 valence electrons. The highest BCUT2D eigenvalue weighted by Gasteiger charge is 2.26. The molecule has 0 saturated carbocycles. The zero-order valence-corrected chi connectivity index (χ0v) is 14.2. The number of hydrogen-bond acceptors (Lipinski definition) is 6. The fraction of sp³-hybridized carbons (Fsp3) is 0.438. The van der Waals surface area contributed by atoms with E-state index in [-0.39, 0.29) is 11.9 Å². The number of piperazine rings is 1. The first-order chi connectivity index (χ1) is 11.1. The quantitative estimate of drug-likeness (QED) is 0.928. The van der Waals surface area contributed by atoms with E-state index in [1.54, 1.807) is 0 Å². The number of nitrogens with one attached hydrogen (secondary N) is 1. The van der Waals surface area contributed by atoms with Gasteiger partial charge >= 0.3 is 0 Å². The normalized spacial score (nSPS) is 17.0. The summed E-state index contributed by atoms with van der Waals surface area (Å²) in [6, 6.07) is 10.2. The van der Waals surface area contributed by atoms with Crippen molar-refractivity contribution < 1.29 is 4.79 Å². The van der Waals surface area contributed by atoms with Crippen molar-refractivity contribution in [2.45, 2.75) is 19.9 Å². The molecule has 1 aromatic heterocycles. The van der Waals surface area contributed by atoms with Crippen molar-refractivity contribution in [2.24, 2.45) is 0 Å². The van der Waals surface area contributed by atoms with Gasteiger partial charge in [0.1, 0.15) is 5.01 Å². The molecule has 2 heterocycles. The maximum Gasteiger partial charge on any atom is 0.243 e. The van der Waals surface area contributed by atoms with Gasteiger partial charge in [-0.2, -0.15) is 0 Å². The highest BCUT2D eigenvalue weighted by Crippen LogP contribution is 2.18. The molecule has 0 radical (unpaired) electrons. The Bertz CT molecular complexity index is 652. The van der Waals surface area contributed by atoms with Crippen LogP contribution in [0.2, 0.25) is 0 Å². The fourth-order valence-corrected chi connectivity index (χ4v) is 3.32. The van der Waals surface area contributed by atoms with Gasteiger partial charge in [-0.25, -0.2) is 0 Å². The molecule has 6 nitrogen and oxygen atoms in total. The SMILES string of the molecule is Cc1nnc(NC(=O)[C@H](C)N2CCN(c3ccccc3)CC2)s1. The minimum Gasteiger partial charge on any atom is -0.369 e. The van der Waals surface area contributed by atoms with Crippen molar-refractivity contribution in [3.05, 3.63) is 35.3 Å². The number of para-hydroxylation sites is 1. The second-order valence-corrected chi connectivity index (χ2v) is 6.83. The number of anilines is 2. The zero-order valence-electron chi connectivity index (χ0n) is 13.4. The molecular weight excluding hydrogens is 310 g/mol. The summed E-state index contributed by atoms with van der Waals surface area (Å²) in [5, 5.41) is 12.1. The van der Waals surface area contributed by atoms with Crippen LogP contribution in [-0.4, -0.2) is 53.2 Å². The van der Waals surface area contributed by atoms with Crippen LogP contribution in [0, 0.1) is 6.92 Å². The van der Waals surface area contributed by atoms with E-state index >= 15 is 0 Å². The van der Waals surface area contributed by atoms with Gasteiger partial charge < -0.3 is 4.90 Å². The van der Waals surface area contributed by atoms with Crippen LogP contribution in [0.3, 0.4) is 0 Å². The maximum atomic E-state index is 12.3. The van der Waals surface area contributed by atoms with Crippen molar-refractivity contribution in [1.82, 2.24) is 15.1 Å². The van der Waals surface area contributed by atoms with Gasteiger partial charge in [-0.1, -0.05) is 29.5 Å². The molecule has 2 aromatic rings. The van der Waals surface area contributed by atoms with E-state index in [9.17, 15) is 4.79 Å². The number of carbonyl (C=O) groups is 1. The lowest BCUT2D eigenvalue weighted by molar-refractivity contribution is -0.120. The molecule has 1 aliphatic rings. The molecule has 0 unspecified atom stereocenters. The standard InChI is InChI=1S/C16H21N5OS/c1-12(15(22)17-16-19-18-13(2)23-16)20-8-10-21(11-9-20)14-6-4-3-5-7-14/h3-7,12H,8-11H2,1-2H3,(H,17,19,22)/t12-/m0/s1.